The summed E-state index contributed by atoms with van der Waals surface area (Å²) >= 11 is 0. The summed E-state index contributed by atoms with van der Waals surface area (Å²) in [7, 11) is 0. The Kier molecular flexibility index (Phi) is 67.9. The summed E-state index contributed by atoms with van der Waals surface area (Å²) in [6, 6.07) is -0.973. The van der Waals surface area contributed by atoms with Crippen LogP contribution in [0.5, 0.6) is 0 Å². The van der Waals surface area contributed by atoms with Crippen molar-refractivity contribution in [3.63, 3.8) is 0 Å². The van der Waals surface area contributed by atoms with Gasteiger partial charge in [0, 0.05) is 6.42 Å². The number of ether oxygens (including phenoxy) is 6. The molecular formula is C93H175NO18. The highest BCUT2D eigenvalue weighted by molar-refractivity contribution is 5.76. The minimum Gasteiger partial charge on any atom is -0.394 e. The van der Waals surface area contributed by atoms with E-state index in [0.717, 1.165) is 51.4 Å². The number of carbonyl (C=O) groups is 1. The van der Waals surface area contributed by atoms with Crippen molar-refractivity contribution in [2.24, 2.45) is 0 Å². The molecule has 0 saturated carbocycles. The second kappa shape index (κ2) is 73.0. The molecule has 3 saturated heterocycles. The molecule has 3 heterocycles. The predicted molar refractivity (Wildman–Crippen MR) is 453 cm³/mol. The van der Waals surface area contributed by atoms with E-state index in [0.29, 0.717) is 6.42 Å². The number of hydrogen-bond donors (Lipinski definition) is 12. The van der Waals surface area contributed by atoms with Crippen LogP contribution in [0.1, 0.15) is 418 Å². The van der Waals surface area contributed by atoms with Crippen LogP contribution < -0.4 is 5.32 Å². The van der Waals surface area contributed by atoms with E-state index < -0.39 is 124 Å². The molecule has 112 heavy (non-hydrogen) atoms. The molecule has 3 fully saturated rings. The summed E-state index contributed by atoms with van der Waals surface area (Å²) in [5.41, 5.74) is 0. The van der Waals surface area contributed by atoms with Gasteiger partial charge in [-0.2, -0.15) is 0 Å². The molecule has 19 heteroatoms. The molecule has 3 aliphatic rings. The highest BCUT2D eigenvalue weighted by Crippen LogP contribution is 2.34. The third kappa shape index (κ3) is 50.8. The maximum Gasteiger partial charge on any atom is 0.220 e. The van der Waals surface area contributed by atoms with Crippen molar-refractivity contribution in [1.29, 1.82) is 0 Å². The third-order valence-corrected chi connectivity index (χ3v) is 23.7. The molecule has 0 bridgehead atoms. The Morgan fingerprint density at radius 3 is 0.911 bits per heavy atom. The summed E-state index contributed by atoms with van der Waals surface area (Å²) in [5, 5.41) is 121. The molecule has 17 unspecified atom stereocenters. The summed E-state index contributed by atoms with van der Waals surface area (Å²) in [6.07, 6.45) is 67.4. The number of aliphatic hydroxyl groups excluding tert-OH is 11. The van der Waals surface area contributed by atoms with Crippen LogP contribution in [0.2, 0.25) is 0 Å². The van der Waals surface area contributed by atoms with E-state index in [1.54, 1.807) is 6.08 Å². The van der Waals surface area contributed by atoms with Crippen LogP contribution in [-0.4, -0.2) is 193 Å². The van der Waals surface area contributed by atoms with E-state index >= 15 is 0 Å². The lowest BCUT2D eigenvalue weighted by atomic mass is 9.96. The van der Waals surface area contributed by atoms with E-state index in [4.69, 9.17) is 28.4 Å². The van der Waals surface area contributed by atoms with Gasteiger partial charge in [0.25, 0.3) is 0 Å². The number of nitrogens with one attached hydrogen (secondary N) is 1. The molecule has 3 aliphatic heterocycles. The SMILES string of the molecule is CCCCCCC/C=C\C/C=C\CCCCCCCCCCCCCCCCCCCCCCCCCCCCCC(=O)NC(COC1OC(CO)C(OC2OC(CO)C(OC3OC(CO)C(O)C(O)C3O)C(O)C2O)C(O)C1O)C(O)/C=C/CCCCCCCCCCCCCCCCCCCCCCCCCCCC. The third-order valence-electron chi connectivity index (χ3n) is 23.7. The Morgan fingerprint density at radius 1 is 0.321 bits per heavy atom. The van der Waals surface area contributed by atoms with E-state index in [1.165, 1.54) is 340 Å². The zero-order valence-corrected chi connectivity index (χ0v) is 71.4. The van der Waals surface area contributed by atoms with Crippen LogP contribution in [0.25, 0.3) is 0 Å². The molecule has 0 aromatic heterocycles. The summed E-state index contributed by atoms with van der Waals surface area (Å²) in [6.45, 7) is 1.80. The molecule has 0 aromatic rings. The topological polar surface area (TPSA) is 307 Å². The Balaban J connectivity index is 1.30. The van der Waals surface area contributed by atoms with Crippen LogP contribution in [0.15, 0.2) is 36.5 Å². The van der Waals surface area contributed by atoms with Gasteiger partial charge in [-0.15, -0.1) is 0 Å². The summed E-state index contributed by atoms with van der Waals surface area (Å²) in [4.78, 5) is 13.5. The van der Waals surface area contributed by atoms with Crippen LogP contribution in [0.3, 0.4) is 0 Å². The first kappa shape index (κ1) is 104. The quantitative estimate of drug-likeness (QED) is 0.0199. The fourth-order valence-electron chi connectivity index (χ4n) is 16.2. The van der Waals surface area contributed by atoms with Crippen molar-refractivity contribution >= 4 is 5.91 Å². The smallest absolute Gasteiger partial charge is 0.220 e. The highest BCUT2D eigenvalue weighted by Gasteiger charge is 2.54. The second-order valence-electron chi connectivity index (χ2n) is 33.8. The van der Waals surface area contributed by atoms with Gasteiger partial charge < -0.3 is 89.9 Å². The van der Waals surface area contributed by atoms with Gasteiger partial charge in [0.2, 0.25) is 5.91 Å². The molecule has 1 amide bonds. The number of hydrogen-bond acceptors (Lipinski definition) is 18. The average Bonchev–Trinajstić information content (AvgIpc) is 0.780. The lowest BCUT2D eigenvalue weighted by Crippen LogP contribution is -2.66. The second-order valence-corrected chi connectivity index (χ2v) is 33.8. The molecule has 0 aromatic carbocycles. The van der Waals surface area contributed by atoms with Crippen LogP contribution in [-0.2, 0) is 33.2 Å². The van der Waals surface area contributed by atoms with Crippen molar-refractivity contribution in [3.8, 4) is 0 Å². The van der Waals surface area contributed by atoms with Gasteiger partial charge >= 0.3 is 0 Å². The zero-order valence-electron chi connectivity index (χ0n) is 71.4. The van der Waals surface area contributed by atoms with E-state index in [2.05, 4.69) is 43.5 Å². The standard InChI is InChI=1S/C93H175NO18/c1-3-5-7-9-11-13-15-17-19-21-23-25-27-29-31-33-34-35-36-37-38-39-40-41-42-43-45-47-49-51-53-55-57-59-61-63-65-67-69-71-81(99)94-76(77(98)70-68-66-64-62-60-58-56-54-52-50-48-46-44-32-30-28-26-24-22-20-18-16-14-12-10-8-6-4-2)75-107-91-87(105)84(102)89(79(73-96)109-91)112-93-88(106)85(103)90(80(74-97)110-93)111-92-86(104)83(101)82(100)78(72-95)108-92/h15,17,21,23,68,70,76-80,82-93,95-98,100-106H,3-14,16,18-20,22,24-67,69,71-75H2,1-2H3,(H,94,99)/b17-15-,23-21-,70-68+. The van der Waals surface area contributed by atoms with E-state index in [-0.39, 0.29) is 18.9 Å². The van der Waals surface area contributed by atoms with Crippen molar-refractivity contribution in [2.75, 3.05) is 26.4 Å². The fraction of sp³-hybridized carbons (Fsp3) is 0.925. The predicted octanol–water partition coefficient (Wildman–Crippen LogP) is 18.6. The van der Waals surface area contributed by atoms with Crippen molar-refractivity contribution in [3.05, 3.63) is 36.5 Å². The number of rotatable bonds is 78. The monoisotopic (exact) mass is 1590 g/mol. The molecule has 3 rings (SSSR count). The fourth-order valence-corrected chi connectivity index (χ4v) is 16.2. The summed E-state index contributed by atoms with van der Waals surface area (Å²) < 4.78 is 34.6. The molecular weight excluding hydrogens is 1420 g/mol. The van der Waals surface area contributed by atoms with Gasteiger partial charge in [-0.1, -0.05) is 397 Å². The van der Waals surface area contributed by atoms with Crippen molar-refractivity contribution in [1.82, 2.24) is 5.32 Å². The molecule has 19 nitrogen and oxygen atoms in total. The lowest BCUT2D eigenvalue weighted by Gasteiger charge is -2.48. The zero-order chi connectivity index (χ0) is 81.0. The average molecular weight is 1600 g/mol. The minimum absolute atomic E-state index is 0.249. The van der Waals surface area contributed by atoms with Gasteiger partial charge in [-0.25, -0.2) is 0 Å². The highest BCUT2D eigenvalue weighted by atomic mass is 16.8. The lowest BCUT2D eigenvalue weighted by molar-refractivity contribution is -0.379. The molecule has 0 aliphatic carbocycles. The Bertz CT molecular complexity index is 2160. The summed E-state index contributed by atoms with van der Waals surface area (Å²) in [5.74, 6) is -0.266. The first-order chi connectivity index (χ1) is 54.8. The molecule has 0 spiro atoms. The van der Waals surface area contributed by atoms with Crippen molar-refractivity contribution in [2.45, 2.75) is 523 Å². The Labute approximate surface area is 682 Å². The van der Waals surface area contributed by atoms with Crippen molar-refractivity contribution < 1.29 is 89.4 Å². The number of aliphatic hydroxyl groups is 11. The van der Waals surface area contributed by atoms with Crippen LogP contribution in [0.4, 0.5) is 0 Å². The van der Waals surface area contributed by atoms with Gasteiger partial charge in [0.15, 0.2) is 18.9 Å². The largest absolute Gasteiger partial charge is 0.394 e. The number of amides is 1. The Hall–Kier alpha value is -1.99. The molecule has 0 radical (unpaired) electrons. The van der Waals surface area contributed by atoms with Gasteiger partial charge in [-0.05, 0) is 51.4 Å². The van der Waals surface area contributed by atoms with Gasteiger partial charge in [0.1, 0.15) is 73.2 Å². The van der Waals surface area contributed by atoms with E-state index in [1.807, 2.05) is 6.08 Å². The maximum atomic E-state index is 13.5. The molecule has 660 valence electrons. The minimum atomic E-state index is -1.98. The number of unbranched alkanes of at least 4 members (excludes halogenated alkanes) is 58. The van der Waals surface area contributed by atoms with Crippen LogP contribution in [0, 0.1) is 0 Å². The van der Waals surface area contributed by atoms with Crippen LogP contribution >= 0.6 is 0 Å². The van der Waals surface area contributed by atoms with E-state index in [9.17, 15) is 61.0 Å². The first-order valence-electron chi connectivity index (χ1n) is 47.2. The maximum absolute atomic E-state index is 13.5. The number of allylic oxidation sites excluding steroid dienone is 5. The Morgan fingerprint density at radius 2 is 0.589 bits per heavy atom. The van der Waals surface area contributed by atoms with Gasteiger partial charge in [-0.3, -0.25) is 4.79 Å². The number of carbonyl (C=O) groups excluding carboxylic acids is 1. The van der Waals surface area contributed by atoms with Gasteiger partial charge in [0.05, 0.1) is 38.6 Å². The molecule has 17 atom stereocenters. The molecule has 12 N–H and O–H groups in total. The first-order valence-corrected chi connectivity index (χ1v) is 47.2. The normalized spacial score (nSPS) is 25.0.